The number of aliphatic hydroxyl groups is 4. The molecule has 0 unspecified atom stereocenters. The van der Waals surface area contributed by atoms with Gasteiger partial charge in [0.15, 0.2) is 6.29 Å². The van der Waals surface area contributed by atoms with Crippen molar-refractivity contribution in [2.45, 2.75) is 36.7 Å². The number of rotatable bonds is 5. The maximum Gasteiger partial charge on any atom is 0.322 e. The molecule has 106 valence electrons. The average Bonchev–Trinajstić information content (AvgIpc) is 2.32. The predicted octanol–water partition coefficient (Wildman–Crippen LogP) is -3.79. The number of ether oxygens (including phenoxy) is 2. The molecule has 1 rings (SSSR count). The zero-order valence-electron chi connectivity index (χ0n) is 9.42. The van der Waals surface area contributed by atoms with Gasteiger partial charge in [-0.1, -0.05) is 0 Å². The zero-order valence-corrected chi connectivity index (χ0v) is 9.42. The molecule has 1 aliphatic heterocycles. The molecule has 0 amide bonds. The van der Waals surface area contributed by atoms with Gasteiger partial charge in [-0.05, 0) is 0 Å². The van der Waals surface area contributed by atoms with E-state index in [1.54, 1.807) is 0 Å². The quantitative estimate of drug-likeness (QED) is 0.293. The largest absolute Gasteiger partial charge is 0.480 e. The summed E-state index contributed by atoms with van der Waals surface area (Å²) in [5.41, 5.74) is 5.18. The molecular weight excluding hydrogens is 250 g/mol. The second-order valence-corrected chi connectivity index (χ2v) is 4.02. The van der Waals surface area contributed by atoms with Crippen LogP contribution in [0.15, 0.2) is 0 Å². The van der Waals surface area contributed by atoms with Crippen LogP contribution in [0, 0.1) is 0 Å². The fraction of sp³-hybridized carbons (Fsp3) is 0.889. The van der Waals surface area contributed by atoms with Crippen LogP contribution >= 0.6 is 0 Å². The molecular formula is C9H17NO8. The van der Waals surface area contributed by atoms with Crippen molar-refractivity contribution in [2.75, 3.05) is 13.2 Å². The molecule has 7 N–H and O–H groups in total. The number of hydrogen-bond donors (Lipinski definition) is 6. The third-order valence-corrected chi connectivity index (χ3v) is 2.58. The van der Waals surface area contributed by atoms with Crippen molar-refractivity contribution in [3.05, 3.63) is 0 Å². The van der Waals surface area contributed by atoms with E-state index in [4.69, 9.17) is 20.3 Å². The summed E-state index contributed by atoms with van der Waals surface area (Å²) in [6, 6.07) is -1.22. The van der Waals surface area contributed by atoms with Crippen LogP contribution in [0.2, 0.25) is 0 Å². The Balaban J connectivity index is 2.40. The van der Waals surface area contributed by atoms with Crippen molar-refractivity contribution < 1.29 is 39.8 Å². The van der Waals surface area contributed by atoms with Gasteiger partial charge < -0.3 is 40.7 Å². The highest BCUT2D eigenvalue weighted by molar-refractivity contribution is 5.73. The van der Waals surface area contributed by atoms with Gasteiger partial charge in [-0.3, -0.25) is 4.79 Å². The molecule has 6 atom stereocenters. The van der Waals surface area contributed by atoms with Crippen molar-refractivity contribution in [1.29, 1.82) is 0 Å². The van der Waals surface area contributed by atoms with Crippen molar-refractivity contribution in [3.63, 3.8) is 0 Å². The molecule has 0 spiro atoms. The standard InChI is InChI=1S/C9H17NO8/c10-3(8(14)15)1-17-2-4-5(11)6(12)7(13)9(16)18-4/h3-7,9,11-13,16H,1-2,10H2,(H,14,15)/t3-,4+,5+,6+,7+,9+/m0/s1. The highest BCUT2D eigenvalue weighted by Gasteiger charge is 2.43. The first-order valence-corrected chi connectivity index (χ1v) is 5.28. The van der Waals surface area contributed by atoms with Gasteiger partial charge in [0.2, 0.25) is 0 Å². The summed E-state index contributed by atoms with van der Waals surface area (Å²) in [5.74, 6) is -1.24. The van der Waals surface area contributed by atoms with Gasteiger partial charge in [0, 0.05) is 0 Å². The molecule has 1 aliphatic rings. The summed E-state index contributed by atoms with van der Waals surface area (Å²) in [6.07, 6.45) is -7.37. The molecule has 0 radical (unpaired) electrons. The average molecular weight is 267 g/mol. The minimum atomic E-state index is -1.65. The highest BCUT2D eigenvalue weighted by atomic mass is 16.6. The summed E-state index contributed by atoms with van der Waals surface area (Å²) >= 11 is 0. The molecule has 9 heteroatoms. The zero-order chi connectivity index (χ0) is 13.9. The highest BCUT2D eigenvalue weighted by Crippen LogP contribution is 2.19. The Kier molecular flexibility index (Phi) is 5.41. The van der Waals surface area contributed by atoms with E-state index in [0.29, 0.717) is 0 Å². The SMILES string of the molecule is N[C@@H](COC[C@H]1O[C@@H](O)[C@H](O)[C@H](O)[C@@H]1O)C(=O)O. The van der Waals surface area contributed by atoms with Crippen LogP contribution in [-0.2, 0) is 14.3 Å². The van der Waals surface area contributed by atoms with Crippen LogP contribution in [-0.4, -0.2) is 81.5 Å². The summed E-state index contributed by atoms with van der Waals surface area (Å²) in [4.78, 5) is 10.4. The number of carbonyl (C=O) groups is 1. The maximum absolute atomic E-state index is 10.4. The smallest absolute Gasteiger partial charge is 0.322 e. The van der Waals surface area contributed by atoms with Gasteiger partial charge in [-0.25, -0.2) is 0 Å². The third kappa shape index (κ3) is 3.59. The lowest BCUT2D eigenvalue weighted by Gasteiger charge is -2.38. The van der Waals surface area contributed by atoms with E-state index in [2.05, 4.69) is 0 Å². The number of hydrogen-bond acceptors (Lipinski definition) is 8. The maximum atomic E-state index is 10.4. The Morgan fingerprint density at radius 1 is 1.22 bits per heavy atom. The van der Waals surface area contributed by atoms with Gasteiger partial charge in [-0.15, -0.1) is 0 Å². The fourth-order valence-corrected chi connectivity index (χ4v) is 1.45. The van der Waals surface area contributed by atoms with Crippen LogP contribution < -0.4 is 5.73 Å². The normalized spacial score (nSPS) is 38.4. The molecule has 0 aliphatic carbocycles. The summed E-state index contributed by atoms with van der Waals surface area (Å²) < 4.78 is 9.71. The van der Waals surface area contributed by atoms with Crippen LogP contribution in [0.5, 0.6) is 0 Å². The van der Waals surface area contributed by atoms with E-state index >= 15 is 0 Å². The summed E-state index contributed by atoms with van der Waals surface area (Å²) in [7, 11) is 0. The molecule has 9 nitrogen and oxygen atoms in total. The Hall–Kier alpha value is -0.810. The van der Waals surface area contributed by atoms with Crippen LogP contribution in [0.25, 0.3) is 0 Å². The molecule has 1 fully saturated rings. The lowest BCUT2D eigenvalue weighted by atomic mass is 9.99. The van der Waals surface area contributed by atoms with Crippen LogP contribution in [0.3, 0.4) is 0 Å². The number of carboxylic acid groups (broad SMARTS) is 1. The first kappa shape index (κ1) is 15.2. The molecule has 0 aromatic rings. The van der Waals surface area contributed by atoms with Crippen molar-refractivity contribution >= 4 is 5.97 Å². The number of carboxylic acids is 1. The topological polar surface area (TPSA) is 163 Å². The van der Waals surface area contributed by atoms with Crippen molar-refractivity contribution in [1.82, 2.24) is 0 Å². The molecule has 1 heterocycles. The minimum absolute atomic E-state index is 0.275. The van der Waals surface area contributed by atoms with E-state index in [0.717, 1.165) is 0 Å². The van der Waals surface area contributed by atoms with Gasteiger partial charge >= 0.3 is 5.97 Å². The number of aliphatic hydroxyl groups excluding tert-OH is 4. The Morgan fingerprint density at radius 3 is 2.39 bits per heavy atom. The summed E-state index contributed by atoms with van der Waals surface area (Å²) in [5, 5.41) is 45.8. The molecule has 0 aromatic carbocycles. The van der Waals surface area contributed by atoms with Crippen LogP contribution in [0.4, 0.5) is 0 Å². The van der Waals surface area contributed by atoms with E-state index in [9.17, 15) is 25.2 Å². The fourth-order valence-electron chi connectivity index (χ4n) is 1.45. The molecule has 0 saturated carbocycles. The molecule has 1 saturated heterocycles. The Labute approximate surface area is 102 Å². The first-order chi connectivity index (χ1) is 8.34. The Bertz CT molecular complexity index is 288. The van der Waals surface area contributed by atoms with Gasteiger partial charge in [0.25, 0.3) is 0 Å². The minimum Gasteiger partial charge on any atom is -0.480 e. The summed E-state index contributed by atoms with van der Waals surface area (Å²) in [6.45, 7) is -0.584. The lowest BCUT2D eigenvalue weighted by Crippen LogP contribution is -2.58. The van der Waals surface area contributed by atoms with Crippen molar-refractivity contribution in [2.24, 2.45) is 5.73 Å². The van der Waals surface area contributed by atoms with Gasteiger partial charge in [0.05, 0.1) is 13.2 Å². The van der Waals surface area contributed by atoms with E-state index in [-0.39, 0.29) is 13.2 Å². The molecule has 18 heavy (non-hydrogen) atoms. The molecule has 0 bridgehead atoms. The van der Waals surface area contributed by atoms with E-state index in [1.807, 2.05) is 0 Å². The predicted molar refractivity (Wildman–Crippen MR) is 55.3 cm³/mol. The number of aliphatic carboxylic acids is 1. The third-order valence-electron chi connectivity index (χ3n) is 2.58. The van der Waals surface area contributed by atoms with E-state index < -0.39 is 42.7 Å². The van der Waals surface area contributed by atoms with Gasteiger partial charge in [0.1, 0.15) is 30.5 Å². The second-order valence-electron chi connectivity index (χ2n) is 4.02. The number of nitrogens with two attached hydrogens (primary N) is 1. The van der Waals surface area contributed by atoms with Gasteiger partial charge in [-0.2, -0.15) is 0 Å². The monoisotopic (exact) mass is 267 g/mol. The Morgan fingerprint density at radius 2 is 1.83 bits per heavy atom. The second kappa shape index (κ2) is 6.38. The molecule has 0 aromatic heterocycles. The van der Waals surface area contributed by atoms with E-state index in [1.165, 1.54) is 0 Å². The van der Waals surface area contributed by atoms with Crippen molar-refractivity contribution in [3.8, 4) is 0 Å². The first-order valence-electron chi connectivity index (χ1n) is 5.28. The van der Waals surface area contributed by atoms with Crippen LogP contribution in [0.1, 0.15) is 0 Å². The lowest BCUT2D eigenvalue weighted by molar-refractivity contribution is -0.288.